The van der Waals surface area contributed by atoms with Crippen molar-refractivity contribution in [2.75, 3.05) is 23.9 Å². The van der Waals surface area contributed by atoms with Gasteiger partial charge in [0.1, 0.15) is 5.75 Å². The number of hydrogen-bond donors (Lipinski definition) is 1. The molecule has 0 aliphatic carbocycles. The van der Waals surface area contributed by atoms with Gasteiger partial charge in [0.25, 0.3) is 11.6 Å². The Hall–Kier alpha value is -3.94. The topological polar surface area (TPSA) is 102 Å². The molecule has 1 aliphatic heterocycles. The maximum absolute atomic E-state index is 12.8. The van der Waals surface area contributed by atoms with Gasteiger partial charge in [0, 0.05) is 36.0 Å². The molecular weight excluding hydrogens is 386 g/mol. The minimum atomic E-state index is -0.535. The van der Waals surface area contributed by atoms with Crippen LogP contribution in [-0.2, 0) is 4.79 Å². The first-order valence-electron chi connectivity index (χ1n) is 9.45. The molecule has 1 N–H and O–H groups in total. The Morgan fingerprint density at radius 3 is 2.67 bits per heavy atom. The van der Waals surface area contributed by atoms with E-state index in [1.54, 1.807) is 4.90 Å². The summed E-state index contributed by atoms with van der Waals surface area (Å²) in [7, 11) is 1.42. The van der Waals surface area contributed by atoms with Gasteiger partial charge < -0.3 is 15.0 Å². The van der Waals surface area contributed by atoms with Gasteiger partial charge in [-0.3, -0.25) is 19.7 Å². The maximum atomic E-state index is 12.8. The maximum Gasteiger partial charge on any atom is 0.271 e. The molecule has 0 atom stereocenters. The quantitative estimate of drug-likeness (QED) is 0.470. The number of amides is 2. The number of nitrogens with zero attached hydrogens (tertiary/aromatic N) is 2. The third kappa shape index (κ3) is 3.43. The second-order valence-electron chi connectivity index (χ2n) is 6.93. The molecule has 0 saturated carbocycles. The number of hydrogen-bond acceptors (Lipinski definition) is 5. The molecule has 30 heavy (non-hydrogen) atoms. The third-order valence-electron chi connectivity index (χ3n) is 5.10. The number of non-ortho nitro benzene ring substituents is 1. The number of ether oxygens (including phenoxy) is 1. The number of anilines is 2. The van der Waals surface area contributed by atoms with Crippen molar-refractivity contribution < 1.29 is 19.2 Å². The summed E-state index contributed by atoms with van der Waals surface area (Å²) in [4.78, 5) is 37.3. The largest absolute Gasteiger partial charge is 0.495 e. The number of methoxy groups -OCH3 is 1. The SMILES string of the molecule is COc1ccc([N+](=O)[O-])cc1NC(=O)CCCN1C(=O)c2cccc3cccc1c23. The molecular formula is C22H19N3O5. The van der Waals surface area contributed by atoms with Crippen molar-refractivity contribution in [3.63, 3.8) is 0 Å². The van der Waals surface area contributed by atoms with Gasteiger partial charge in [-0.15, -0.1) is 0 Å². The Kier molecular flexibility index (Phi) is 5.05. The van der Waals surface area contributed by atoms with E-state index in [4.69, 9.17) is 4.74 Å². The summed E-state index contributed by atoms with van der Waals surface area (Å²) in [6.45, 7) is 0.395. The van der Waals surface area contributed by atoms with Crippen LogP contribution in [0.3, 0.4) is 0 Å². The Bertz CT molecular complexity index is 1170. The second kappa shape index (κ2) is 7.82. The highest BCUT2D eigenvalue weighted by molar-refractivity contribution is 6.25. The molecule has 3 aromatic rings. The monoisotopic (exact) mass is 405 g/mol. The van der Waals surface area contributed by atoms with Crippen LogP contribution in [0.5, 0.6) is 5.75 Å². The first-order chi connectivity index (χ1) is 14.5. The average Bonchev–Trinajstić information content (AvgIpc) is 3.02. The van der Waals surface area contributed by atoms with E-state index in [-0.39, 0.29) is 29.6 Å². The van der Waals surface area contributed by atoms with Gasteiger partial charge in [-0.25, -0.2) is 0 Å². The number of benzene rings is 3. The number of nitro groups is 1. The van der Waals surface area contributed by atoms with Crippen LogP contribution in [0, 0.1) is 10.1 Å². The van der Waals surface area contributed by atoms with E-state index in [1.807, 2.05) is 36.4 Å². The predicted molar refractivity (Wildman–Crippen MR) is 113 cm³/mol. The van der Waals surface area contributed by atoms with E-state index in [0.29, 0.717) is 24.3 Å². The molecule has 0 saturated heterocycles. The van der Waals surface area contributed by atoms with Crippen LogP contribution >= 0.6 is 0 Å². The lowest BCUT2D eigenvalue weighted by Crippen LogP contribution is -2.28. The number of nitrogens with one attached hydrogen (secondary N) is 1. The van der Waals surface area contributed by atoms with Gasteiger partial charge in [-0.05, 0) is 30.0 Å². The first-order valence-corrected chi connectivity index (χ1v) is 9.45. The zero-order chi connectivity index (χ0) is 21.3. The van der Waals surface area contributed by atoms with Crippen LogP contribution < -0.4 is 15.0 Å². The molecule has 0 radical (unpaired) electrons. The average molecular weight is 405 g/mol. The molecule has 0 spiro atoms. The Morgan fingerprint density at radius 1 is 1.17 bits per heavy atom. The summed E-state index contributed by atoms with van der Waals surface area (Å²) in [5.74, 6) is -0.0375. The van der Waals surface area contributed by atoms with Gasteiger partial charge in [0.05, 0.1) is 23.4 Å². The normalized spacial score (nSPS) is 12.3. The number of carbonyl (C=O) groups excluding carboxylic acids is 2. The highest BCUT2D eigenvalue weighted by Crippen LogP contribution is 2.37. The number of rotatable bonds is 7. The highest BCUT2D eigenvalue weighted by atomic mass is 16.6. The molecule has 0 fully saturated rings. The number of carbonyl (C=O) groups is 2. The van der Waals surface area contributed by atoms with Crippen molar-refractivity contribution in [1.29, 1.82) is 0 Å². The molecule has 0 unspecified atom stereocenters. The molecule has 2 amide bonds. The number of nitro benzene ring substituents is 1. The van der Waals surface area contributed by atoms with Crippen molar-refractivity contribution >= 4 is 39.6 Å². The van der Waals surface area contributed by atoms with Gasteiger partial charge in [-0.2, -0.15) is 0 Å². The van der Waals surface area contributed by atoms with Crippen LogP contribution in [0.1, 0.15) is 23.2 Å². The lowest BCUT2D eigenvalue weighted by Gasteiger charge is -2.17. The van der Waals surface area contributed by atoms with Gasteiger partial charge >= 0.3 is 0 Å². The summed E-state index contributed by atoms with van der Waals surface area (Å²) in [5, 5.41) is 15.6. The molecule has 8 heteroatoms. The highest BCUT2D eigenvalue weighted by Gasteiger charge is 2.29. The first kappa shape index (κ1) is 19.4. The zero-order valence-corrected chi connectivity index (χ0v) is 16.3. The minimum absolute atomic E-state index is 0.0671. The Morgan fingerprint density at radius 2 is 1.93 bits per heavy atom. The van der Waals surface area contributed by atoms with E-state index >= 15 is 0 Å². The predicted octanol–water partition coefficient (Wildman–Crippen LogP) is 4.14. The molecule has 3 aromatic carbocycles. The van der Waals surface area contributed by atoms with Crippen LogP contribution in [0.25, 0.3) is 10.8 Å². The minimum Gasteiger partial charge on any atom is -0.495 e. The second-order valence-corrected chi connectivity index (χ2v) is 6.93. The fraction of sp³-hybridized carbons (Fsp3) is 0.182. The summed E-state index contributed by atoms with van der Waals surface area (Å²) in [5.41, 5.74) is 1.63. The molecule has 1 aliphatic rings. The summed E-state index contributed by atoms with van der Waals surface area (Å²) in [6, 6.07) is 15.5. The van der Waals surface area contributed by atoms with E-state index in [0.717, 1.165) is 16.5 Å². The Labute approximate surface area is 172 Å². The van der Waals surface area contributed by atoms with Gasteiger partial charge in [0.15, 0.2) is 0 Å². The Balaban J connectivity index is 1.42. The van der Waals surface area contributed by atoms with E-state index in [1.165, 1.54) is 25.3 Å². The van der Waals surface area contributed by atoms with Crippen molar-refractivity contribution in [2.45, 2.75) is 12.8 Å². The smallest absolute Gasteiger partial charge is 0.271 e. The van der Waals surface area contributed by atoms with E-state index in [9.17, 15) is 19.7 Å². The fourth-order valence-corrected chi connectivity index (χ4v) is 3.72. The summed E-state index contributed by atoms with van der Waals surface area (Å²) in [6.07, 6.45) is 0.598. The van der Waals surface area contributed by atoms with Crippen molar-refractivity contribution in [3.05, 3.63) is 70.3 Å². The fourth-order valence-electron chi connectivity index (χ4n) is 3.72. The lowest BCUT2D eigenvalue weighted by atomic mass is 10.1. The molecule has 152 valence electrons. The van der Waals surface area contributed by atoms with Crippen molar-refractivity contribution in [1.82, 2.24) is 0 Å². The van der Waals surface area contributed by atoms with Crippen LogP contribution in [-0.4, -0.2) is 30.4 Å². The van der Waals surface area contributed by atoms with Gasteiger partial charge in [0.2, 0.25) is 5.91 Å². The zero-order valence-electron chi connectivity index (χ0n) is 16.3. The van der Waals surface area contributed by atoms with Crippen LogP contribution in [0.2, 0.25) is 0 Å². The molecule has 0 aromatic heterocycles. The van der Waals surface area contributed by atoms with E-state index < -0.39 is 4.92 Å². The molecule has 0 bridgehead atoms. The standard InChI is InChI=1S/C22H19N3O5/c1-30-19-11-10-15(25(28)29)13-17(19)23-20(26)9-4-12-24-18-8-3-6-14-5-2-7-16(21(14)18)22(24)27/h2-3,5-8,10-11,13H,4,9,12H2,1H3,(H,23,26). The van der Waals surface area contributed by atoms with Gasteiger partial charge in [-0.1, -0.05) is 24.3 Å². The van der Waals surface area contributed by atoms with Crippen molar-refractivity contribution in [3.8, 4) is 5.75 Å². The van der Waals surface area contributed by atoms with Crippen LogP contribution in [0.15, 0.2) is 54.6 Å². The molecule has 1 heterocycles. The summed E-state index contributed by atoms with van der Waals surface area (Å²) >= 11 is 0. The lowest BCUT2D eigenvalue weighted by molar-refractivity contribution is -0.384. The van der Waals surface area contributed by atoms with Crippen LogP contribution in [0.4, 0.5) is 17.1 Å². The molecule has 4 rings (SSSR count). The third-order valence-corrected chi connectivity index (χ3v) is 5.10. The van der Waals surface area contributed by atoms with Crippen molar-refractivity contribution in [2.24, 2.45) is 0 Å². The molecule has 8 nitrogen and oxygen atoms in total. The summed E-state index contributed by atoms with van der Waals surface area (Å²) < 4.78 is 5.16. The van der Waals surface area contributed by atoms with E-state index in [2.05, 4.69) is 5.32 Å².